The Morgan fingerprint density at radius 2 is 2.24 bits per heavy atom. The van der Waals surface area contributed by atoms with Crippen LogP contribution in [0.1, 0.15) is 26.2 Å². The van der Waals surface area contributed by atoms with Gasteiger partial charge in [0.1, 0.15) is 12.1 Å². The summed E-state index contributed by atoms with van der Waals surface area (Å²) in [4.78, 5) is 45.0. The molecule has 0 spiro atoms. The molecule has 1 rings (SSSR count). The highest BCUT2D eigenvalue weighted by molar-refractivity contribution is 5.92. The fourth-order valence-corrected chi connectivity index (χ4v) is 1.80. The molecule has 0 saturated carbocycles. The molecular weight excluding hydrogens is 280 g/mol. The predicted molar refractivity (Wildman–Crippen MR) is 71.1 cm³/mol. The number of hydrogen-bond donors (Lipinski definition) is 3. The highest BCUT2D eigenvalue weighted by atomic mass is 16.5. The van der Waals surface area contributed by atoms with Crippen molar-refractivity contribution >= 4 is 23.8 Å². The molecule has 1 saturated heterocycles. The first-order valence-corrected chi connectivity index (χ1v) is 6.60. The van der Waals surface area contributed by atoms with Crippen molar-refractivity contribution in [1.29, 1.82) is 0 Å². The number of ether oxygens (including phenoxy) is 1. The van der Waals surface area contributed by atoms with Gasteiger partial charge in [-0.15, -0.1) is 0 Å². The lowest BCUT2D eigenvalue weighted by molar-refractivity contribution is -0.142. The molecule has 21 heavy (non-hydrogen) atoms. The summed E-state index contributed by atoms with van der Waals surface area (Å²) in [7, 11) is 0. The standard InChI is InChI=1S/C13H18N2O6/c1-2-21-11(17)5-3-4-9(13(19)20)15-12(18)8-6-7-10(16)14-8/h3,5,8-9H,2,4,6-7H2,1H3,(H,14,16)(H,15,18)(H,19,20)/b5-3+/t8-,9+/m1/s1. The molecule has 1 aliphatic rings. The van der Waals surface area contributed by atoms with E-state index in [2.05, 4.69) is 15.4 Å². The van der Waals surface area contributed by atoms with E-state index in [-0.39, 0.29) is 25.4 Å². The molecule has 0 aromatic carbocycles. The molecular formula is C13H18N2O6. The second-order valence-electron chi connectivity index (χ2n) is 4.45. The summed E-state index contributed by atoms with van der Waals surface area (Å²) < 4.78 is 4.65. The normalized spacial score (nSPS) is 19.1. The SMILES string of the molecule is CCOC(=O)/C=C/C[C@H](NC(=O)[C@H]1CCC(=O)N1)C(=O)O. The summed E-state index contributed by atoms with van der Waals surface area (Å²) in [6.45, 7) is 1.88. The van der Waals surface area contributed by atoms with Crippen LogP contribution in [0, 0.1) is 0 Å². The third kappa shape index (κ3) is 5.64. The van der Waals surface area contributed by atoms with E-state index in [0.717, 1.165) is 6.08 Å². The Labute approximate surface area is 121 Å². The third-order valence-electron chi connectivity index (χ3n) is 2.84. The summed E-state index contributed by atoms with van der Waals surface area (Å²) in [5, 5.41) is 13.8. The molecule has 3 N–H and O–H groups in total. The van der Waals surface area contributed by atoms with Gasteiger partial charge in [0.25, 0.3) is 0 Å². The van der Waals surface area contributed by atoms with Crippen molar-refractivity contribution in [3.63, 3.8) is 0 Å². The monoisotopic (exact) mass is 298 g/mol. The highest BCUT2D eigenvalue weighted by Gasteiger charge is 2.29. The number of esters is 1. The average Bonchev–Trinajstić information content (AvgIpc) is 2.84. The molecule has 0 bridgehead atoms. The van der Waals surface area contributed by atoms with Gasteiger partial charge in [0.2, 0.25) is 11.8 Å². The molecule has 0 radical (unpaired) electrons. The van der Waals surface area contributed by atoms with Crippen molar-refractivity contribution < 1.29 is 29.0 Å². The minimum absolute atomic E-state index is 0.0550. The number of carboxylic acid groups (broad SMARTS) is 1. The lowest BCUT2D eigenvalue weighted by Gasteiger charge is -2.16. The first-order valence-electron chi connectivity index (χ1n) is 6.60. The summed E-state index contributed by atoms with van der Waals surface area (Å²) in [6.07, 6.45) is 2.97. The predicted octanol–water partition coefficient (Wildman–Crippen LogP) is -0.656. The molecule has 0 aromatic rings. The second kappa shape index (κ2) is 8.03. The summed E-state index contributed by atoms with van der Waals surface area (Å²) in [6, 6.07) is -1.87. The van der Waals surface area contributed by atoms with Gasteiger partial charge in [-0.05, 0) is 19.8 Å². The molecule has 8 nitrogen and oxygen atoms in total. The van der Waals surface area contributed by atoms with E-state index in [1.54, 1.807) is 6.92 Å². The first kappa shape index (κ1) is 16.7. The highest BCUT2D eigenvalue weighted by Crippen LogP contribution is 2.07. The fourth-order valence-electron chi connectivity index (χ4n) is 1.80. The molecule has 1 aliphatic heterocycles. The number of nitrogens with one attached hydrogen (secondary N) is 2. The largest absolute Gasteiger partial charge is 0.480 e. The number of aliphatic carboxylic acids is 1. The Balaban J connectivity index is 2.50. The van der Waals surface area contributed by atoms with Gasteiger partial charge in [-0.3, -0.25) is 9.59 Å². The number of hydrogen-bond acceptors (Lipinski definition) is 5. The molecule has 0 aromatic heterocycles. The molecule has 2 amide bonds. The topological polar surface area (TPSA) is 122 Å². The van der Waals surface area contributed by atoms with Crippen LogP contribution in [0.15, 0.2) is 12.2 Å². The van der Waals surface area contributed by atoms with E-state index in [1.807, 2.05) is 0 Å². The second-order valence-corrected chi connectivity index (χ2v) is 4.45. The third-order valence-corrected chi connectivity index (χ3v) is 2.84. The number of carboxylic acids is 1. The van der Waals surface area contributed by atoms with Gasteiger partial charge in [-0.25, -0.2) is 9.59 Å². The van der Waals surface area contributed by atoms with Crippen LogP contribution in [0.3, 0.4) is 0 Å². The van der Waals surface area contributed by atoms with E-state index < -0.39 is 29.9 Å². The molecule has 1 fully saturated rings. The van der Waals surface area contributed by atoms with E-state index in [9.17, 15) is 19.2 Å². The van der Waals surface area contributed by atoms with Crippen LogP contribution in [0.4, 0.5) is 0 Å². The zero-order valence-electron chi connectivity index (χ0n) is 11.6. The number of carbonyl (C=O) groups excluding carboxylic acids is 3. The summed E-state index contributed by atoms with van der Waals surface area (Å²) in [5.74, 6) is -2.57. The molecule has 0 unspecified atom stereocenters. The van der Waals surface area contributed by atoms with Crippen LogP contribution in [0.25, 0.3) is 0 Å². The van der Waals surface area contributed by atoms with Crippen LogP contribution in [-0.4, -0.2) is 47.6 Å². The van der Waals surface area contributed by atoms with Gasteiger partial charge >= 0.3 is 11.9 Å². The van der Waals surface area contributed by atoms with Crippen LogP contribution < -0.4 is 10.6 Å². The zero-order chi connectivity index (χ0) is 15.8. The van der Waals surface area contributed by atoms with Gasteiger partial charge in [-0.1, -0.05) is 6.08 Å². The minimum atomic E-state index is -1.22. The van der Waals surface area contributed by atoms with E-state index in [4.69, 9.17) is 5.11 Å². The average molecular weight is 298 g/mol. The Morgan fingerprint density at radius 3 is 2.76 bits per heavy atom. The van der Waals surface area contributed by atoms with Crippen LogP contribution in [-0.2, 0) is 23.9 Å². The van der Waals surface area contributed by atoms with Gasteiger partial charge in [0, 0.05) is 12.5 Å². The van der Waals surface area contributed by atoms with Crippen molar-refractivity contribution in [2.75, 3.05) is 6.61 Å². The smallest absolute Gasteiger partial charge is 0.330 e. The number of rotatable bonds is 7. The quantitative estimate of drug-likeness (QED) is 0.424. The van der Waals surface area contributed by atoms with Crippen LogP contribution >= 0.6 is 0 Å². The molecule has 1 heterocycles. The van der Waals surface area contributed by atoms with Crippen LogP contribution in [0.5, 0.6) is 0 Å². The van der Waals surface area contributed by atoms with E-state index in [1.165, 1.54) is 6.08 Å². The molecule has 0 aliphatic carbocycles. The Kier molecular flexibility index (Phi) is 6.38. The number of amides is 2. The molecule has 2 atom stereocenters. The van der Waals surface area contributed by atoms with Gasteiger partial charge < -0.3 is 20.5 Å². The number of carbonyl (C=O) groups is 4. The van der Waals surface area contributed by atoms with Crippen molar-refractivity contribution in [1.82, 2.24) is 10.6 Å². The molecule has 116 valence electrons. The van der Waals surface area contributed by atoms with Crippen molar-refractivity contribution in [3.05, 3.63) is 12.2 Å². The summed E-state index contributed by atoms with van der Waals surface area (Å²) in [5.41, 5.74) is 0. The Hall–Kier alpha value is -2.38. The minimum Gasteiger partial charge on any atom is -0.480 e. The Morgan fingerprint density at radius 1 is 1.52 bits per heavy atom. The molecule has 8 heteroatoms. The van der Waals surface area contributed by atoms with Crippen molar-refractivity contribution in [2.45, 2.75) is 38.3 Å². The van der Waals surface area contributed by atoms with Crippen molar-refractivity contribution in [3.8, 4) is 0 Å². The lowest BCUT2D eigenvalue weighted by Crippen LogP contribution is -2.48. The maximum Gasteiger partial charge on any atom is 0.330 e. The van der Waals surface area contributed by atoms with Gasteiger partial charge in [0.15, 0.2) is 0 Å². The van der Waals surface area contributed by atoms with Crippen molar-refractivity contribution in [2.24, 2.45) is 0 Å². The Bertz CT molecular complexity index is 460. The lowest BCUT2D eigenvalue weighted by atomic mass is 10.1. The fraction of sp³-hybridized carbons (Fsp3) is 0.538. The van der Waals surface area contributed by atoms with Crippen LogP contribution in [0.2, 0.25) is 0 Å². The van der Waals surface area contributed by atoms with Gasteiger partial charge in [0.05, 0.1) is 6.61 Å². The van der Waals surface area contributed by atoms with E-state index in [0.29, 0.717) is 6.42 Å². The van der Waals surface area contributed by atoms with Gasteiger partial charge in [-0.2, -0.15) is 0 Å². The summed E-state index contributed by atoms with van der Waals surface area (Å²) >= 11 is 0. The maximum absolute atomic E-state index is 11.8. The maximum atomic E-state index is 11.8. The van der Waals surface area contributed by atoms with E-state index >= 15 is 0 Å². The first-order chi connectivity index (χ1) is 9.93. The zero-order valence-corrected chi connectivity index (χ0v) is 11.6.